The van der Waals surface area contributed by atoms with Gasteiger partial charge in [-0.1, -0.05) is 41.5 Å². The zero-order valence-electron chi connectivity index (χ0n) is 18.9. The summed E-state index contributed by atoms with van der Waals surface area (Å²) in [6.07, 6.45) is 4.37. The van der Waals surface area contributed by atoms with Gasteiger partial charge in [-0.25, -0.2) is 0 Å². The van der Waals surface area contributed by atoms with E-state index in [4.69, 9.17) is 18.1 Å². The summed E-state index contributed by atoms with van der Waals surface area (Å²) in [7, 11) is -7.53. The van der Waals surface area contributed by atoms with E-state index in [1.165, 1.54) is 0 Å². The molecule has 9 heteroatoms. The van der Waals surface area contributed by atoms with Crippen LogP contribution in [0, 0.1) is 0 Å². The van der Waals surface area contributed by atoms with Crippen molar-refractivity contribution in [2.75, 3.05) is 39.5 Å². The van der Waals surface area contributed by atoms with Crippen LogP contribution in [0.25, 0.3) is 0 Å². The third-order valence-corrected chi connectivity index (χ3v) is 9.47. The third kappa shape index (κ3) is 9.38. The number of rotatable bonds is 19. The van der Waals surface area contributed by atoms with Gasteiger partial charge in [0.15, 0.2) is 0 Å². The molecule has 0 saturated carbocycles. The molecule has 28 heavy (non-hydrogen) atoms. The van der Waals surface area contributed by atoms with Gasteiger partial charge in [0, 0.05) is 0 Å². The quantitative estimate of drug-likeness (QED) is 0.211. The molecule has 0 fully saturated rings. The van der Waals surface area contributed by atoms with Crippen LogP contribution in [0.5, 0.6) is 0 Å². The van der Waals surface area contributed by atoms with Gasteiger partial charge in [-0.2, -0.15) is 0 Å². The van der Waals surface area contributed by atoms with Gasteiger partial charge < -0.3 is 18.1 Å². The summed E-state index contributed by atoms with van der Waals surface area (Å²) in [6, 6.07) is 0. The largest absolute Gasteiger partial charge is 0.360 e. The van der Waals surface area contributed by atoms with Crippen molar-refractivity contribution in [3.05, 3.63) is 0 Å². The maximum absolute atomic E-state index is 14.0. The number of hydrogen-bond acceptors (Lipinski definition) is 7. The first-order valence-corrected chi connectivity index (χ1v) is 14.1. The monoisotopic (exact) mass is 443 g/mol. The molecule has 0 amide bonds. The zero-order chi connectivity index (χ0) is 21.5. The van der Waals surface area contributed by atoms with Crippen LogP contribution in [-0.4, -0.2) is 49.9 Å². The van der Waals surface area contributed by atoms with E-state index in [-0.39, 0.29) is 26.4 Å². The molecule has 0 aliphatic rings. The maximum atomic E-state index is 14.0. The highest BCUT2D eigenvalue weighted by Gasteiger charge is 2.54. The Bertz CT molecular complexity index is 413. The average molecular weight is 444 g/mol. The highest BCUT2D eigenvalue weighted by molar-refractivity contribution is 7.72. The number of hydrogen-bond donors (Lipinski definition) is 0. The Morgan fingerprint density at radius 3 is 1.07 bits per heavy atom. The fourth-order valence-electron chi connectivity index (χ4n) is 2.71. The molecule has 0 atom stereocenters. The summed E-state index contributed by atoms with van der Waals surface area (Å²) < 4.78 is 51.1. The lowest BCUT2D eigenvalue weighted by Gasteiger charge is -2.38. The van der Waals surface area contributed by atoms with Crippen molar-refractivity contribution in [1.29, 1.82) is 0 Å². The molecule has 0 N–H and O–H groups in total. The van der Waals surface area contributed by atoms with Gasteiger partial charge in [-0.05, 0) is 51.6 Å². The van der Waals surface area contributed by atoms with E-state index in [0.717, 1.165) is 12.8 Å². The molecule has 0 aliphatic heterocycles. The van der Waals surface area contributed by atoms with Crippen LogP contribution in [0.2, 0.25) is 0 Å². The summed E-state index contributed by atoms with van der Waals surface area (Å²) >= 11 is 0. The predicted octanol–water partition coefficient (Wildman–Crippen LogP) is 6.48. The fraction of sp³-hybridized carbons (Fsp3) is 1.00. The SMILES string of the molecule is CCCOP(=O)(OCCC)C(N(CCC)CCC)P(=O)(OCCC)OCCC. The second-order valence-electron chi connectivity index (χ2n) is 6.79. The number of nitrogens with zero attached hydrogens (tertiary/aromatic N) is 1. The Balaban J connectivity index is 6.25. The van der Waals surface area contributed by atoms with E-state index in [0.29, 0.717) is 38.8 Å². The van der Waals surface area contributed by atoms with Crippen LogP contribution < -0.4 is 0 Å². The normalized spacial score (nSPS) is 13.0. The van der Waals surface area contributed by atoms with Gasteiger partial charge >= 0.3 is 15.2 Å². The van der Waals surface area contributed by atoms with Gasteiger partial charge in [0.1, 0.15) is 0 Å². The van der Waals surface area contributed by atoms with Crippen molar-refractivity contribution in [2.45, 2.75) is 85.6 Å². The van der Waals surface area contributed by atoms with Crippen LogP contribution in [0.4, 0.5) is 0 Å². The van der Waals surface area contributed by atoms with Gasteiger partial charge in [0.2, 0.25) is 5.52 Å². The molecule has 0 unspecified atom stereocenters. The van der Waals surface area contributed by atoms with Crippen molar-refractivity contribution in [2.24, 2.45) is 0 Å². The van der Waals surface area contributed by atoms with Crippen LogP contribution in [0.1, 0.15) is 80.1 Å². The van der Waals surface area contributed by atoms with Crippen LogP contribution >= 0.6 is 15.2 Å². The Hall–Kier alpha value is 0.260. The van der Waals surface area contributed by atoms with Crippen LogP contribution in [0.15, 0.2) is 0 Å². The van der Waals surface area contributed by atoms with Crippen molar-refractivity contribution in [3.8, 4) is 0 Å². The molecule has 0 aromatic heterocycles. The van der Waals surface area contributed by atoms with E-state index < -0.39 is 20.7 Å². The zero-order valence-corrected chi connectivity index (χ0v) is 20.6. The molecule has 0 aliphatic carbocycles. The highest BCUT2D eigenvalue weighted by Crippen LogP contribution is 2.71. The second kappa shape index (κ2) is 16.0. The molecule has 0 aromatic carbocycles. The summed E-state index contributed by atoms with van der Waals surface area (Å²) in [4.78, 5) is 1.93. The molecule has 170 valence electrons. The third-order valence-electron chi connectivity index (χ3n) is 3.82. The Kier molecular flexibility index (Phi) is 16.2. The second-order valence-corrected chi connectivity index (χ2v) is 11.4. The first kappa shape index (κ1) is 28.3. The van der Waals surface area contributed by atoms with Crippen molar-refractivity contribution in [3.63, 3.8) is 0 Å². The van der Waals surface area contributed by atoms with Crippen LogP contribution in [0.3, 0.4) is 0 Å². The van der Waals surface area contributed by atoms with E-state index in [9.17, 15) is 9.13 Å². The highest BCUT2D eigenvalue weighted by atomic mass is 31.2. The minimum absolute atomic E-state index is 0.269. The van der Waals surface area contributed by atoms with Crippen LogP contribution in [-0.2, 0) is 27.2 Å². The van der Waals surface area contributed by atoms with E-state index in [1.54, 1.807) is 0 Å². The molecule has 0 rings (SSSR count). The summed E-state index contributed by atoms with van der Waals surface area (Å²) in [5.74, 6) is 0. The summed E-state index contributed by atoms with van der Waals surface area (Å²) in [5, 5.41) is 0. The standard InChI is InChI=1S/C19H43NO6P2/c1-7-13-20(14-8-2)19(27(21,23-15-9-3)24-16-10-4)28(22,25-17-11-5)26-18-12-6/h19H,7-18H2,1-6H3. The molecular weight excluding hydrogens is 400 g/mol. The molecule has 7 nitrogen and oxygen atoms in total. The molecule has 0 heterocycles. The molecule has 0 saturated heterocycles. The van der Waals surface area contributed by atoms with Crippen molar-refractivity contribution >= 4 is 15.2 Å². The lowest BCUT2D eigenvalue weighted by Crippen LogP contribution is -2.38. The van der Waals surface area contributed by atoms with Gasteiger partial charge in [0.05, 0.1) is 26.4 Å². The van der Waals surface area contributed by atoms with Gasteiger partial charge in [0.25, 0.3) is 0 Å². The minimum Gasteiger partial charge on any atom is -0.307 e. The van der Waals surface area contributed by atoms with E-state index in [2.05, 4.69) is 0 Å². The topological polar surface area (TPSA) is 74.3 Å². The molecule has 0 bridgehead atoms. The van der Waals surface area contributed by atoms with Gasteiger partial charge in [-0.15, -0.1) is 0 Å². The fourth-order valence-corrected chi connectivity index (χ4v) is 8.58. The molecular formula is C19H43NO6P2. The Morgan fingerprint density at radius 2 is 0.857 bits per heavy atom. The lowest BCUT2D eigenvalue weighted by molar-refractivity contribution is 0.142. The smallest absolute Gasteiger partial charge is 0.307 e. The minimum atomic E-state index is -3.77. The average Bonchev–Trinajstić information content (AvgIpc) is 2.68. The molecule has 0 spiro atoms. The van der Waals surface area contributed by atoms with Crippen molar-refractivity contribution in [1.82, 2.24) is 4.90 Å². The first-order valence-electron chi connectivity index (χ1n) is 10.9. The molecule has 0 aromatic rings. The van der Waals surface area contributed by atoms with Gasteiger partial charge in [-0.3, -0.25) is 14.0 Å². The summed E-state index contributed by atoms with van der Waals surface area (Å²) in [6.45, 7) is 14.1. The first-order chi connectivity index (χ1) is 13.4. The maximum Gasteiger partial charge on any atom is 0.360 e. The Morgan fingerprint density at radius 1 is 0.571 bits per heavy atom. The molecule has 0 radical (unpaired) electrons. The van der Waals surface area contributed by atoms with Crippen molar-refractivity contribution < 1.29 is 27.2 Å². The van der Waals surface area contributed by atoms with E-state index >= 15 is 0 Å². The van der Waals surface area contributed by atoms with E-state index in [1.807, 2.05) is 46.4 Å². The Labute approximate surface area is 172 Å². The lowest BCUT2D eigenvalue weighted by atomic mass is 10.4. The summed E-state index contributed by atoms with van der Waals surface area (Å²) in [5.41, 5.74) is -1.05. The predicted molar refractivity (Wildman–Crippen MR) is 116 cm³/mol.